The molecular formula is H6GaInMgO. The first-order chi connectivity index (χ1) is 1.00. The van der Waals surface area contributed by atoms with Crippen LogP contribution in [-0.4, -0.2) is 67.4 Å². The monoisotopic (exact) mass is 230 g/mol. The van der Waals surface area contributed by atoms with Crippen LogP contribution in [-0.2, 0) is 3.54 Å². The summed E-state index contributed by atoms with van der Waals surface area (Å²) in [5, 5.41) is 0. The molecule has 20 valence electrons. The molecule has 0 aromatic carbocycles. The Balaban J connectivity index is -0.000000000833. The Hall–Kier alpha value is 2.07. The van der Waals surface area contributed by atoms with Gasteiger partial charge >= 0.3 is 71.0 Å². The van der Waals surface area contributed by atoms with Crippen molar-refractivity contribution in [2.45, 2.75) is 0 Å². The van der Waals surface area contributed by atoms with Gasteiger partial charge < -0.3 is 2.85 Å². The summed E-state index contributed by atoms with van der Waals surface area (Å²) in [5.74, 6) is 0. The Labute approximate surface area is 73.0 Å². The zero-order valence-corrected chi connectivity index (χ0v) is 6.20. The van der Waals surface area contributed by atoms with Gasteiger partial charge in [0.05, 0.1) is 0 Å². The average Bonchev–Trinajstić information content (AvgIpc) is 1.00. The Morgan fingerprint density at radius 2 is 1.50 bits per heavy atom. The van der Waals surface area contributed by atoms with Gasteiger partial charge in [0.15, 0.2) is 0 Å². The van der Waals surface area contributed by atoms with Gasteiger partial charge in [-0.1, -0.05) is 0 Å². The molecule has 0 aromatic heterocycles. The van der Waals surface area contributed by atoms with E-state index in [-0.39, 0.29) is 70.3 Å². The van der Waals surface area contributed by atoms with Crippen LogP contribution in [0.15, 0.2) is 0 Å². The number of hydrogen-bond donors (Lipinski definition) is 0. The van der Waals surface area contributed by atoms with Crippen molar-refractivity contribution in [2.24, 2.45) is 0 Å². The Morgan fingerprint density at radius 3 is 1.50 bits per heavy atom. The van der Waals surface area contributed by atoms with Gasteiger partial charge in [-0.3, -0.25) is 0 Å². The Kier molecular flexibility index (Phi) is 81.0. The molecule has 0 spiro atoms. The molecule has 0 aliphatic heterocycles. The van der Waals surface area contributed by atoms with Crippen LogP contribution in [0.5, 0.6) is 0 Å². The van der Waals surface area contributed by atoms with E-state index in [2.05, 4.69) is 0 Å². The van der Waals surface area contributed by atoms with E-state index in [1.54, 1.807) is 0 Å². The fourth-order valence-electron chi connectivity index (χ4n) is 0. The van der Waals surface area contributed by atoms with Crippen molar-refractivity contribution in [3.63, 3.8) is 0 Å². The van der Waals surface area contributed by atoms with Gasteiger partial charge in [0.2, 0.25) is 0 Å². The van der Waals surface area contributed by atoms with Gasteiger partial charge in [-0.25, -0.2) is 0 Å². The van der Waals surface area contributed by atoms with E-state index in [1.165, 1.54) is 0 Å². The van der Waals surface area contributed by atoms with Crippen LogP contribution in [0.3, 0.4) is 0 Å². The van der Waals surface area contributed by atoms with Crippen molar-refractivity contribution in [3.05, 3.63) is 0 Å². The Bertz CT molecular complexity index is 13.5. The SMILES string of the molecule is [H-].[H-].[InH3].[Mg+2].[O]=[GaH]. The first-order valence-electron chi connectivity index (χ1n) is 0.289. The van der Waals surface area contributed by atoms with Crippen LogP contribution < -0.4 is 0 Å². The normalized spacial score (nSPS) is 0.750. The minimum absolute atomic E-state index is 0. The summed E-state index contributed by atoms with van der Waals surface area (Å²) in [7, 11) is 0. The number of hydrogen-bond acceptors (Lipinski definition) is 1. The van der Waals surface area contributed by atoms with Crippen molar-refractivity contribution in [1.82, 2.24) is 0 Å². The van der Waals surface area contributed by atoms with Gasteiger partial charge in [0, 0.05) is 0 Å². The molecule has 0 amide bonds. The van der Waals surface area contributed by atoms with Crippen molar-refractivity contribution in [3.8, 4) is 0 Å². The minimum atomic E-state index is 0. The van der Waals surface area contributed by atoms with E-state index in [0.29, 0.717) is 0 Å². The second-order valence-corrected chi connectivity index (χ2v) is 0. The summed E-state index contributed by atoms with van der Waals surface area (Å²) >= 11 is 0.125. The fourth-order valence-corrected chi connectivity index (χ4v) is 0. The van der Waals surface area contributed by atoms with Gasteiger partial charge in [-0.2, -0.15) is 0 Å². The van der Waals surface area contributed by atoms with Crippen LogP contribution in [0, 0.1) is 0 Å². The molecule has 0 saturated heterocycles. The maximum atomic E-state index is 8.38. The quantitative estimate of drug-likeness (QED) is 0.436. The molecule has 1 nitrogen and oxygen atoms in total. The standard InChI is InChI=1S/Ga.In.Mg.O.6H/q;;+2;;;;;;2*-1. The molecule has 0 fully saturated rings. The topological polar surface area (TPSA) is 17.1 Å². The van der Waals surface area contributed by atoms with Crippen molar-refractivity contribution >= 4 is 67.4 Å². The Morgan fingerprint density at radius 1 is 1.50 bits per heavy atom. The molecule has 4 heteroatoms. The zero-order chi connectivity index (χ0) is 2.00. The summed E-state index contributed by atoms with van der Waals surface area (Å²) in [5.41, 5.74) is 0. The van der Waals surface area contributed by atoms with Crippen LogP contribution >= 0.6 is 0 Å². The number of rotatable bonds is 0. The van der Waals surface area contributed by atoms with E-state index < -0.39 is 0 Å². The van der Waals surface area contributed by atoms with Gasteiger partial charge in [-0.15, -0.1) is 0 Å². The molecule has 0 N–H and O–H groups in total. The summed E-state index contributed by atoms with van der Waals surface area (Å²) in [4.78, 5) is 0. The molecule has 0 radical (unpaired) electrons. The summed E-state index contributed by atoms with van der Waals surface area (Å²) in [6, 6.07) is 0. The predicted octanol–water partition coefficient (Wildman–Crippen LogP) is -2.11. The molecule has 0 aliphatic rings. The van der Waals surface area contributed by atoms with E-state index in [0.717, 1.165) is 0 Å². The molecule has 0 aliphatic carbocycles. The van der Waals surface area contributed by atoms with Crippen molar-refractivity contribution in [2.75, 3.05) is 0 Å². The molecule has 0 aromatic rings. The van der Waals surface area contributed by atoms with Gasteiger partial charge in [0.1, 0.15) is 0 Å². The molecule has 0 atom stereocenters. The summed E-state index contributed by atoms with van der Waals surface area (Å²) < 4.78 is 8.38. The van der Waals surface area contributed by atoms with Gasteiger partial charge in [-0.05, 0) is 0 Å². The molecule has 0 heterocycles. The predicted molar refractivity (Wildman–Crippen MR) is 25.8 cm³/mol. The van der Waals surface area contributed by atoms with E-state index in [1.807, 2.05) is 0 Å². The fraction of sp³-hybridized carbons (Fsp3) is 0. The molecule has 0 unspecified atom stereocenters. The van der Waals surface area contributed by atoms with Crippen LogP contribution in [0.2, 0.25) is 0 Å². The third-order valence-corrected chi connectivity index (χ3v) is 0. The van der Waals surface area contributed by atoms with E-state index >= 15 is 0 Å². The van der Waals surface area contributed by atoms with Crippen LogP contribution in [0.4, 0.5) is 0 Å². The molecule has 0 rings (SSSR count). The third-order valence-electron chi connectivity index (χ3n) is 0. The molecule has 0 bridgehead atoms. The third kappa shape index (κ3) is 8.95. The summed E-state index contributed by atoms with van der Waals surface area (Å²) in [6.07, 6.45) is 0. The first kappa shape index (κ1) is 16.6. The first-order valence-corrected chi connectivity index (χ1v) is 1.50. The molecule has 0 saturated carbocycles. The second kappa shape index (κ2) is 19.6. The van der Waals surface area contributed by atoms with Crippen LogP contribution in [0.1, 0.15) is 2.85 Å². The maximum absolute atomic E-state index is 8.38. The van der Waals surface area contributed by atoms with Crippen LogP contribution in [0.25, 0.3) is 0 Å². The van der Waals surface area contributed by atoms with Gasteiger partial charge in [0.25, 0.3) is 0 Å². The van der Waals surface area contributed by atoms with E-state index in [9.17, 15) is 0 Å². The van der Waals surface area contributed by atoms with E-state index in [4.69, 9.17) is 3.54 Å². The average molecular weight is 231 g/mol. The molecule has 4 heavy (non-hydrogen) atoms. The summed E-state index contributed by atoms with van der Waals surface area (Å²) in [6.45, 7) is 0. The second-order valence-electron chi connectivity index (χ2n) is 0. The zero-order valence-electron chi connectivity index (χ0n) is 3.82. The van der Waals surface area contributed by atoms with Crippen molar-refractivity contribution < 1.29 is 6.39 Å². The molecular weight excluding hydrogens is 225 g/mol. The van der Waals surface area contributed by atoms with Crippen molar-refractivity contribution in [1.29, 1.82) is 0 Å².